The van der Waals surface area contributed by atoms with E-state index in [1.165, 1.54) is 17.5 Å². The Bertz CT molecular complexity index is 641. The second-order valence-corrected chi connectivity index (χ2v) is 7.24. The third-order valence-electron chi connectivity index (χ3n) is 6.28. The number of fused-ring (bicyclic) bond motifs is 5. The third-order valence-corrected chi connectivity index (χ3v) is 6.28. The summed E-state index contributed by atoms with van der Waals surface area (Å²) in [5.41, 5.74) is 3.63. The van der Waals surface area contributed by atoms with Crippen molar-refractivity contribution in [3.63, 3.8) is 0 Å². The predicted octanol–water partition coefficient (Wildman–Crippen LogP) is 3.84. The van der Waals surface area contributed by atoms with E-state index in [4.69, 9.17) is 5.26 Å². The Hall–Kier alpha value is -1.62. The Balaban J connectivity index is 1.74. The predicted molar refractivity (Wildman–Crippen MR) is 80.7 cm³/mol. The summed E-state index contributed by atoms with van der Waals surface area (Å²) in [4.78, 5) is 12.1. The van der Waals surface area contributed by atoms with Gasteiger partial charge in [-0.1, -0.05) is 13.0 Å². The highest BCUT2D eigenvalue weighted by Crippen LogP contribution is 2.56. The van der Waals surface area contributed by atoms with Gasteiger partial charge in [0.25, 0.3) is 0 Å². The van der Waals surface area contributed by atoms with Crippen LogP contribution in [0.5, 0.6) is 0 Å². The van der Waals surface area contributed by atoms with Crippen molar-refractivity contribution >= 4 is 5.78 Å². The first-order valence-electron chi connectivity index (χ1n) is 8.24. The number of carbonyl (C=O) groups excluding carboxylic acids is 1. The zero-order valence-corrected chi connectivity index (χ0v) is 12.5. The molecule has 0 spiro atoms. The summed E-state index contributed by atoms with van der Waals surface area (Å²) in [6, 6.07) is 8.51. The van der Waals surface area contributed by atoms with Crippen LogP contribution in [-0.4, -0.2) is 5.78 Å². The highest BCUT2D eigenvalue weighted by Gasteiger charge is 2.49. The minimum Gasteiger partial charge on any atom is -0.299 e. The lowest BCUT2D eigenvalue weighted by Gasteiger charge is -2.47. The average molecular weight is 279 g/mol. The van der Waals surface area contributed by atoms with E-state index in [9.17, 15) is 4.79 Å². The van der Waals surface area contributed by atoms with Crippen molar-refractivity contribution in [2.45, 2.75) is 44.9 Å². The van der Waals surface area contributed by atoms with Crippen LogP contribution >= 0.6 is 0 Å². The van der Waals surface area contributed by atoms with E-state index < -0.39 is 0 Å². The summed E-state index contributed by atoms with van der Waals surface area (Å²) in [5, 5.41) is 9.09. The molecule has 21 heavy (non-hydrogen) atoms. The quantitative estimate of drug-likeness (QED) is 0.724. The molecule has 2 saturated carbocycles. The van der Waals surface area contributed by atoms with Crippen molar-refractivity contribution in [1.82, 2.24) is 0 Å². The monoisotopic (exact) mass is 279 g/mol. The zero-order valence-electron chi connectivity index (χ0n) is 12.5. The van der Waals surface area contributed by atoms with Crippen molar-refractivity contribution in [2.24, 2.45) is 23.7 Å². The van der Waals surface area contributed by atoms with Crippen LogP contribution in [0.15, 0.2) is 18.2 Å². The Kier molecular flexibility index (Phi) is 2.92. The first-order chi connectivity index (χ1) is 10.2. The number of nitrogens with zero attached hydrogens (tertiary/aromatic N) is 1. The topological polar surface area (TPSA) is 40.9 Å². The molecule has 0 amide bonds. The minimum atomic E-state index is 0.348. The lowest BCUT2D eigenvalue weighted by atomic mass is 9.57. The van der Waals surface area contributed by atoms with Crippen LogP contribution in [0.3, 0.4) is 0 Å². The molecular weight excluding hydrogens is 258 g/mol. The molecule has 3 aliphatic rings. The molecule has 0 aromatic heterocycles. The highest BCUT2D eigenvalue weighted by atomic mass is 16.1. The SMILES string of the molecule is C[C@H]1CC2C(=O)CCC2C2CCc3cc(C#N)ccc3C21. The van der Waals surface area contributed by atoms with Gasteiger partial charge in [0.05, 0.1) is 11.6 Å². The van der Waals surface area contributed by atoms with E-state index in [2.05, 4.69) is 25.1 Å². The first kappa shape index (κ1) is 13.1. The summed E-state index contributed by atoms with van der Waals surface area (Å²) < 4.78 is 0. The molecule has 2 fully saturated rings. The second-order valence-electron chi connectivity index (χ2n) is 7.24. The van der Waals surface area contributed by atoms with Crippen LogP contribution in [0.1, 0.15) is 55.2 Å². The fraction of sp³-hybridized carbons (Fsp3) is 0.579. The number of benzene rings is 1. The van der Waals surface area contributed by atoms with Crippen molar-refractivity contribution in [2.75, 3.05) is 0 Å². The number of ketones is 1. The van der Waals surface area contributed by atoms with E-state index in [1.807, 2.05) is 6.07 Å². The molecule has 0 bridgehead atoms. The normalized spacial score (nSPS) is 37.3. The van der Waals surface area contributed by atoms with Crippen LogP contribution in [0, 0.1) is 35.0 Å². The van der Waals surface area contributed by atoms with Gasteiger partial charge in [0.2, 0.25) is 0 Å². The molecule has 0 aliphatic heterocycles. The number of hydrogen-bond acceptors (Lipinski definition) is 2. The third kappa shape index (κ3) is 1.87. The van der Waals surface area contributed by atoms with Gasteiger partial charge in [-0.25, -0.2) is 0 Å². The summed E-state index contributed by atoms with van der Waals surface area (Å²) in [6.45, 7) is 2.33. The molecule has 2 nitrogen and oxygen atoms in total. The molecule has 0 heterocycles. The van der Waals surface area contributed by atoms with Gasteiger partial charge in [0, 0.05) is 12.3 Å². The average Bonchev–Trinajstić information content (AvgIpc) is 2.87. The summed E-state index contributed by atoms with van der Waals surface area (Å²) in [6.07, 6.45) is 5.28. The maximum Gasteiger partial charge on any atom is 0.136 e. The number of aryl methyl sites for hydroxylation is 1. The number of Topliss-reactive ketones (excluding diaryl/α,β-unsaturated/α-hetero) is 1. The molecule has 1 aromatic carbocycles. The van der Waals surface area contributed by atoms with Gasteiger partial charge in [0.1, 0.15) is 5.78 Å². The van der Waals surface area contributed by atoms with Crippen molar-refractivity contribution in [1.29, 1.82) is 5.26 Å². The summed E-state index contributed by atoms with van der Waals surface area (Å²) in [7, 11) is 0. The fourth-order valence-electron chi connectivity index (χ4n) is 5.46. The lowest BCUT2D eigenvalue weighted by molar-refractivity contribution is -0.123. The Morgan fingerprint density at radius 2 is 2.00 bits per heavy atom. The Morgan fingerprint density at radius 1 is 1.19 bits per heavy atom. The lowest BCUT2D eigenvalue weighted by Crippen LogP contribution is -2.40. The van der Waals surface area contributed by atoms with Crippen LogP contribution < -0.4 is 0 Å². The zero-order chi connectivity index (χ0) is 14.6. The fourth-order valence-corrected chi connectivity index (χ4v) is 5.46. The van der Waals surface area contributed by atoms with Crippen molar-refractivity contribution in [3.05, 3.63) is 34.9 Å². The molecule has 1 aromatic rings. The number of rotatable bonds is 0. The van der Waals surface area contributed by atoms with Gasteiger partial charge in [-0.05, 0) is 72.6 Å². The molecule has 0 N–H and O–H groups in total. The summed E-state index contributed by atoms with van der Waals surface area (Å²) in [5.74, 6) is 3.38. The van der Waals surface area contributed by atoms with Crippen LogP contribution in [0.4, 0.5) is 0 Å². The van der Waals surface area contributed by atoms with Crippen LogP contribution in [-0.2, 0) is 11.2 Å². The molecule has 5 atom stereocenters. The molecule has 2 heteroatoms. The van der Waals surface area contributed by atoms with Gasteiger partial charge >= 0.3 is 0 Å². The van der Waals surface area contributed by atoms with Gasteiger partial charge in [-0.15, -0.1) is 0 Å². The largest absolute Gasteiger partial charge is 0.299 e. The maximum atomic E-state index is 12.1. The van der Waals surface area contributed by atoms with Gasteiger partial charge in [-0.3, -0.25) is 4.79 Å². The molecule has 3 aliphatic carbocycles. The molecule has 4 unspecified atom stereocenters. The molecule has 0 radical (unpaired) electrons. The van der Waals surface area contributed by atoms with Gasteiger partial charge in [0.15, 0.2) is 0 Å². The first-order valence-corrected chi connectivity index (χ1v) is 8.24. The van der Waals surface area contributed by atoms with E-state index in [0.29, 0.717) is 35.4 Å². The molecule has 0 saturated heterocycles. The smallest absolute Gasteiger partial charge is 0.136 e. The van der Waals surface area contributed by atoms with E-state index in [-0.39, 0.29) is 0 Å². The second kappa shape index (κ2) is 4.70. The van der Waals surface area contributed by atoms with Crippen LogP contribution in [0.2, 0.25) is 0 Å². The van der Waals surface area contributed by atoms with Gasteiger partial charge < -0.3 is 0 Å². The standard InChI is InChI=1S/C19H21NO/c1-11-8-17-15(6-7-18(17)21)16-5-3-13-9-12(10-20)2-4-14(13)19(11)16/h2,4,9,11,15-17,19H,3,5-8H2,1H3/t11-,15?,16?,17?,19?/m0/s1. The molecule has 4 rings (SSSR count). The molecule has 108 valence electrons. The maximum absolute atomic E-state index is 12.1. The number of hydrogen-bond donors (Lipinski definition) is 0. The highest BCUT2D eigenvalue weighted by molar-refractivity contribution is 5.83. The van der Waals surface area contributed by atoms with E-state index >= 15 is 0 Å². The van der Waals surface area contributed by atoms with Crippen molar-refractivity contribution in [3.8, 4) is 6.07 Å². The number of carbonyl (C=O) groups is 1. The molecular formula is C19H21NO. The van der Waals surface area contributed by atoms with E-state index in [0.717, 1.165) is 31.2 Å². The van der Waals surface area contributed by atoms with Crippen molar-refractivity contribution < 1.29 is 4.79 Å². The number of nitriles is 1. The minimum absolute atomic E-state index is 0.348. The van der Waals surface area contributed by atoms with E-state index in [1.54, 1.807) is 0 Å². The summed E-state index contributed by atoms with van der Waals surface area (Å²) >= 11 is 0. The van der Waals surface area contributed by atoms with Crippen LogP contribution in [0.25, 0.3) is 0 Å². The van der Waals surface area contributed by atoms with Gasteiger partial charge in [-0.2, -0.15) is 5.26 Å². The Labute approximate surface area is 126 Å². The Morgan fingerprint density at radius 3 is 2.81 bits per heavy atom.